The van der Waals surface area contributed by atoms with Gasteiger partial charge in [0.05, 0.1) is 0 Å². The molecular formula is C28H29ClFN3O2. The lowest BCUT2D eigenvalue weighted by Crippen LogP contribution is -2.34. The van der Waals surface area contributed by atoms with E-state index in [1.54, 1.807) is 0 Å². The van der Waals surface area contributed by atoms with Gasteiger partial charge in [-0.2, -0.15) is 0 Å². The minimum absolute atomic E-state index is 0. The van der Waals surface area contributed by atoms with E-state index < -0.39 is 6.17 Å². The molecule has 2 amide bonds. The van der Waals surface area contributed by atoms with E-state index in [-0.39, 0.29) is 24.2 Å². The number of benzene rings is 3. The van der Waals surface area contributed by atoms with Crippen molar-refractivity contribution in [2.24, 2.45) is 0 Å². The number of nitrogens with one attached hydrogen (secondary N) is 2. The molecule has 0 bridgehead atoms. The van der Waals surface area contributed by atoms with Crippen LogP contribution in [0.25, 0.3) is 11.1 Å². The van der Waals surface area contributed by atoms with Crippen molar-refractivity contribution in [3.63, 3.8) is 0 Å². The Morgan fingerprint density at radius 2 is 1.77 bits per heavy atom. The van der Waals surface area contributed by atoms with Crippen molar-refractivity contribution in [1.82, 2.24) is 4.90 Å². The smallest absolute Gasteiger partial charge is 0.255 e. The van der Waals surface area contributed by atoms with E-state index in [9.17, 15) is 14.0 Å². The minimum Gasteiger partial charge on any atom is -0.326 e. The molecule has 7 heteroatoms. The van der Waals surface area contributed by atoms with Crippen LogP contribution in [0.5, 0.6) is 0 Å². The Morgan fingerprint density at radius 3 is 2.54 bits per heavy atom. The van der Waals surface area contributed by atoms with E-state index in [1.165, 1.54) is 0 Å². The van der Waals surface area contributed by atoms with Crippen molar-refractivity contribution in [3.8, 4) is 11.1 Å². The molecule has 5 nitrogen and oxygen atoms in total. The standard InChI is InChI=1S/C28H28FN3O2.ClH/c29-23-12-14-32(15-13-23)18-22-16-21(7-10-25(22)19-4-2-1-3-5-19)28(34)30-24-9-6-20-8-11-27(33)31-26(20)17-24;/h1-7,9-10,16-17,23H,8,11-15,18H2,(H,30,34)(H,31,33);1H. The number of nitrogens with zero attached hydrogens (tertiary/aromatic N) is 1. The van der Waals surface area contributed by atoms with E-state index in [0.29, 0.717) is 56.6 Å². The molecule has 0 radical (unpaired) electrons. The summed E-state index contributed by atoms with van der Waals surface area (Å²) in [6.07, 6.45) is 1.58. The molecule has 0 unspecified atom stereocenters. The third-order valence-electron chi connectivity index (χ3n) is 6.63. The van der Waals surface area contributed by atoms with E-state index in [4.69, 9.17) is 0 Å². The number of hydrogen-bond acceptors (Lipinski definition) is 3. The monoisotopic (exact) mass is 493 g/mol. The fraction of sp³-hybridized carbons (Fsp3) is 0.286. The number of fused-ring (bicyclic) bond motifs is 1. The average molecular weight is 494 g/mol. The number of halogens is 2. The lowest BCUT2D eigenvalue weighted by molar-refractivity contribution is -0.116. The van der Waals surface area contributed by atoms with Crippen molar-refractivity contribution < 1.29 is 14.0 Å². The third kappa shape index (κ3) is 5.89. The summed E-state index contributed by atoms with van der Waals surface area (Å²) in [5, 5.41) is 5.84. The molecule has 2 aliphatic rings. The summed E-state index contributed by atoms with van der Waals surface area (Å²) in [6.45, 7) is 2.10. The maximum Gasteiger partial charge on any atom is 0.255 e. The zero-order valence-electron chi connectivity index (χ0n) is 19.4. The first kappa shape index (κ1) is 24.9. The second kappa shape index (κ2) is 11.0. The van der Waals surface area contributed by atoms with Crippen LogP contribution < -0.4 is 10.6 Å². The van der Waals surface area contributed by atoms with Crippen LogP contribution >= 0.6 is 12.4 Å². The normalized spacial score (nSPS) is 16.1. The van der Waals surface area contributed by atoms with Crippen LogP contribution in [0, 0.1) is 0 Å². The molecule has 0 aliphatic carbocycles. The number of carbonyl (C=O) groups is 2. The van der Waals surface area contributed by atoms with Gasteiger partial charge < -0.3 is 10.6 Å². The van der Waals surface area contributed by atoms with E-state index >= 15 is 0 Å². The second-order valence-corrected chi connectivity index (χ2v) is 9.06. The molecule has 0 saturated carbocycles. The van der Waals surface area contributed by atoms with Crippen molar-refractivity contribution in [2.75, 3.05) is 23.7 Å². The predicted molar refractivity (Wildman–Crippen MR) is 140 cm³/mol. The first-order chi connectivity index (χ1) is 16.5. The van der Waals surface area contributed by atoms with Gasteiger partial charge in [0.25, 0.3) is 5.91 Å². The Morgan fingerprint density at radius 1 is 1.00 bits per heavy atom. The second-order valence-electron chi connectivity index (χ2n) is 9.06. The zero-order chi connectivity index (χ0) is 23.5. The Kier molecular flexibility index (Phi) is 7.83. The topological polar surface area (TPSA) is 61.4 Å². The SMILES string of the molecule is Cl.O=C1CCc2ccc(NC(=O)c3ccc(-c4ccccc4)c(CN4CCC(F)CC4)c3)cc2N1. The Bertz CT molecular complexity index is 1210. The summed E-state index contributed by atoms with van der Waals surface area (Å²) in [4.78, 5) is 27.1. The summed E-state index contributed by atoms with van der Waals surface area (Å²) in [5.41, 5.74) is 6.26. The highest BCUT2D eigenvalue weighted by Gasteiger charge is 2.21. The molecule has 0 aromatic heterocycles. The molecule has 1 fully saturated rings. The van der Waals surface area contributed by atoms with Crippen LogP contribution in [0.3, 0.4) is 0 Å². The fourth-order valence-corrected chi connectivity index (χ4v) is 4.72. The highest BCUT2D eigenvalue weighted by molar-refractivity contribution is 6.05. The first-order valence-electron chi connectivity index (χ1n) is 11.8. The van der Waals surface area contributed by atoms with Crippen LogP contribution in [0.4, 0.5) is 15.8 Å². The molecule has 5 rings (SSSR count). The fourth-order valence-electron chi connectivity index (χ4n) is 4.72. The molecule has 3 aromatic carbocycles. The van der Waals surface area contributed by atoms with E-state index in [2.05, 4.69) is 27.7 Å². The number of rotatable bonds is 5. The number of carbonyl (C=O) groups excluding carboxylic acids is 2. The maximum absolute atomic E-state index is 13.6. The van der Waals surface area contributed by atoms with Gasteiger partial charge in [-0.15, -0.1) is 12.4 Å². The minimum atomic E-state index is -0.719. The summed E-state index contributed by atoms with van der Waals surface area (Å²) < 4.78 is 13.6. The van der Waals surface area contributed by atoms with Crippen molar-refractivity contribution in [2.45, 2.75) is 38.4 Å². The maximum atomic E-state index is 13.6. The number of hydrogen-bond donors (Lipinski definition) is 2. The van der Waals surface area contributed by atoms with Gasteiger partial charge >= 0.3 is 0 Å². The lowest BCUT2D eigenvalue weighted by Gasteiger charge is -2.29. The zero-order valence-corrected chi connectivity index (χ0v) is 20.2. The highest BCUT2D eigenvalue weighted by Crippen LogP contribution is 2.29. The highest BCUT2D eigenvalue weighted by atomic mass is 35.5. The molecule has 2 aliphatic heterocycles. The number of aryl methyl sites for hydroxylation is 1. The molecule has 2 heterocycles. The quantitative estimate of drug-likeness (QED) is 0.469. The average Bonchev–Trinajstić information content (AvgIpc) is 2.85. The van der Waals surface area contributed by atoms with E-state index in [0.717, 1.165) is 27.9 Å². The van der Waals surface area contributed by atoms with Gasteiger partial charge in [-0.3, -0.25) is 14.5 Å². The number of likely N-dealkylation sites (tertiary alicyclic amines) is 1. The molecule has 35 heavy (non-hydrogen) atoms. The number of amides is 2. The predicted octanol–water partition coefficient (Wildman–Crippen LogP) is 5.85. The van der Waals surface area contributed by atoms with Crippen molar-refractivity contribution in [1.29, 1.82) is 0 Å². The van der Waals surface area contributed by atoms with Crippen LogP contribution in [-0.2, 0) is 17.8 Å². The Balaban J connectivity index is 0.00000289. The van der Waals surface area contributed by atoms with Crippen LogP contribution in [0.2, 0.25) is 0 Å². The Hall–Kier alpha value is -3.22. The molecule has 0 spiro atoms. The number of piperidine rings is 1. The number of alkyl halides is 1. The molecule has 3 aromatic rings. The van der Waals surface area contributed by atoms with Gasteiger partial charge in [0.2, 0.25) is 5.91 Å². The van der Waals surface area contributed by atoms with Gasteiger partial charge in [0.1, 0.15) is 6.17 Å². The largest absolute Gasteiger partial charge is 0.326 e. The Labute approximate surface area is 211 Å². The third-order valence-corrected chi connectivity index (χ3v) is 6.63. The molecule has 0 atom stereocenters. The summed E-state index contributed by atoms with van der Waals surface area (Å²) in [7, 11) is 0. The van der Waals surface area contributed by atoms with Crippen LogP contribution in [0.1, 0.15) is 40.7 Å². The first-order valence-corrected chi connectivity index (χ1v) is 11.8. The van der Waals surface area contributed by atoms with Crippen molar-refractivity contribution >= 4 is 35.6 Å². The van der Waals surface area contributed by atoms with Gasteiger partial charge in [-0.25, -0.2) is 4.39 Å². The summed E-state index contributed by atoms with van der Waals surface area (Å²) in [5.74, 6) is -0.209. The van der Waals surface area contributed by atoms with Crippen molar-refractivity contribution in [3.05, 3.63) is 83.4 Å². The van der Waals surface area contributed by atoms with Crippen LogP contribution in [-0.4, -0.2) is 36.0 Å². The molecule has 182 valence electrons. The summed E-state index contributed by atoms with van der Waals surface area (Å²) in [6, 6.07) is 21.5. The molecule has 2 N–H and O–H groups in total. The number of anilines is 2. The van der Waals surface area contributed by atoms with Gasteiger partial charge in [-0.05, 0) is 65.8 Å². The lowest BCUT2D eigenvalue weighted by atomic mass is 9.96. The molecular weight excluding hydrogens is 465 g/mol. The van der Waals surface area contributed by atoms with Gasteiger partial charge in [-0.1, -0.05) is 42.5 Å². The van der Waals surface area contributed by atoms with Crippen LogP contribution in [0.15, 0.2) is 66.7 Å². The molecule has 1 saturated heterocycles. The van der Waals surface area contributed by atoms with Gasteiger partial charge in [0, 0.05) is 43.0 Å². The van der Waals surface area contributed by atoms with Gasteiger partial charge in [0.15, 0.2) is 0 Å². The van der Waals surface area contributed by atoms with E-state index in [1.807, 2.05) is 54.6 Å². The summed E-state index contributed by atoms with van der Waals surface area (Å²) >= 11 is 0.